The minimum atomic E-state index is -1.90. The van der Waals surface area contributed by atoms with Crippen molar-refractivity contribution >= 4 is 11.6 Å². The molecule has 0 bridgehead atoms. The van der Waals surface area contributed by atoms with E-state index in [1.165, 1.54) is 19.1 Å². The maximum Gasteiger partial charge on any atom is 0.231 e. The van der Waals surface area contributed by atoms with Crippen LogP contribution >= 0.6 is 11.6 Å². The number of halogens is 2. The number of aryl methyl sites for hydroxylation is 1. The number of benzene rings is 2. The second-order valence-electron chi connectivity index (χ2n) is 7.08. The van der Waals surface area contributed by atoms with Crippen molar-refractivity contribution in [3.8, 4) is 16.9 Å². The Labute approximate surface area is 166 Å². The number of hydrogen-bond acceptors (Lipinski definition) is 6. The van der Waals surface area contributed by atoms with Crippen LogP contribution in [0, 0.1) is 12.7 Å². The molecule has 0 radical (unpaired) electrons. The van der Waals surface area contributed by atoms with Gasteiger partial charge in [-0.25, -0.2) is 4.39 Å². The highest BCUT2D eigenvalue weighted by Crippen LogP contribution is 2.34. The largest absolute Gasteiger partial charge is 0.461 e. The average molecular weight is 413 g/mol. The van der Waals surface area contributed by atoms with Gasteiger partial charge in [0.05, 0.1) is 11.6 Å². The van der Waals surface area contributed by atoms with Gasteiger partial charge in [0.2, 0.25) is 6.29 Å². The Morgan fingerprint density at radius 1 is 1.18 bits per heavy atom. The summed E-state index contributed by atoms with van der Waals surface area (Å²) in [6.07, 6.45) is -5.43. The molecule has 28 heavy (non-hydrogen) atoms. The Morgan fingerprint density at radius 2 is 1.82 bits per heavy atom. The van der Waals surface area contributed by atoms with Gasteiger partial charge in [-0.2, -0.15) is 0 Å². The first kappa shape index (κ1) is 21.0. The highest BCUT2D eigenvalue weighted by molar-refractivity contribution is 6.31. The standard InChI is InChI=1S/C20H22ClFO6/c1-10-7-11(12-3-5-14(22)13(21)8-12)4-6-15(10)27-19-20(2,26)18(25)17(24)16(9-23)28-19/h3-8,16-19,23-26H,9H2,1-2H3/t16-,17-,18+,19+,20+/m1/s1. The molecule has 1 aliphatic heterocycles. The zero-order chi connectivity index (χ0) is 20.6. The molecule has 0 spiro atoms. The molecule has 2 aromatic carbocycles. The van der Waals surface area contributed by atoms with Crippen molar-refractivity contribution in [3.05, 3.63) is 52.8 Å². The third kappa shape index (κ3) is 3.87. The van der Waals surface area contributed by atoms with E-state index in [0.29, 0.717) is 11.3 Å². The van der Waals surface area contributed by atoms with Crippen LogP contribution in [0.5, 0.6) is 5.75 Å². The van der Waals surface area contributed by atoms with Gasteiger partial charge in [-0.3, -0.25) is 0 Å². The molecule has 0 saturated carbocycles. The second-order valence-corrected chi connectivity index (χ2v) is 7.48. The minimum absolute atomic E-state index is 0.0183. The molecule has 5 atom stereocenters. The van der Waals surface area contributed by atoms with Crippen molar-refractivity contribution < 1.29 is 34.3 Å². The summed E-state index contributed by atoms with van der Waals surface area (Å²) in [4.78, 5) is 0. The van der Waals surface area contributed by atoms with Crippen LogP contribution in [-0.2, 0) is 4.74 Å². The fourth-order valence-electron chi connectivity index (χ4n) is 3.12. The Morgan fingerprint density at radius 3 is 2.43 bits per heavy atom. The molecule has 1 heterocycles. The summed E-state index contributed by atoms with van der Waals surface area (Å²) in [5, 5.41) is 40.0. The molecule has 0 amide bonds. The van der Waals surface area contributed by atoms with Crippen LogP contribution in [0.3, 0.4) is 0 Å². The van der Waals surface area contributed by atoms with Gasteiger partial charge >= 0.3 is 0 Å². The molecule has 0 aliphatic carbocycles. The van der Waals surface area contributed by atoms with E-state index in [9.17, 15) is 24.8 Å². The monoisotopic (exact) mass is 412 g/mol. The maximum absolute atomic E-state index is 13.4. The van der Waals surface area contributed by atoms with Crippen LogP contribution < -0.4 is 4.74 Å². The van der Waals surface area contributed by atoms with Gasteiger partial charge in [-0.15, -0.1) is 0 Å². The molecule has 6 nitrogen and oxygen atoms in total. The molecule has 8 heteroatoms. The van der Waals surface area contributed by atoms with Crippen molar-refractivity contribution in [3.63, 3.8) is 0 Å². The van der Waals surface area contributed by atoms with E-state index < -0.39 is 42.6 Å². The summed E-state index contributed by atoms with van der Waals surface area (Å²) in [6, 6.07) is 9.59. The Kier molecular flexibility index (Phi) is 5.95. The van der Waals surface area contributed by atoms with E-state index in [0.717, 1.165) is 11.1 Å². The number of rotatable bonds is 4. The quantitative estimate of drug-likeness (QED) is 0.613. The molecule has 2 aromatic rings. The highest BCUT2D eigenvalue weighted by atomic mass is 35.5. The molecule has 0 unspecified atom stereocenters. The predicted molar refractivity (Wildman–Crippen MR) is 101 cm³/mol. The number of aliphatic hydroxyl groups is 4. The summed E-state index contributed by atoms with van der Waals surface area (Å²) in [7, 11) is 0. The van der Waals surface area contributed by atoms with Gasteiger partial charge in [-0.1, -0.05) is 23.7 Å². The molecular weight excluding hydrogens is 391 g/mol. The van der Waals surface area contributed by atoms with E-state index >= 15 is 0 Å². The topological polar surface area (TPSA) is 99.4 Å². The minimum Gasteiger partial charge on any atom is -0.461 e. The van der Waals surface area contributed by atoms with Gasteiger partial charge in [0.25, 0.3) is 0 Å². The third-order valence-corrected chi connectivity index (χ3v) is 5.21. The van der Waals surface area contributed by atoms with E-state index in [4.69, 9.17) is 21.1 Å². The van der Waals surface area contributed by atoms with Crippen molar-refractivity contribution in [2.45, 2.75) is 44.1 Å². The molecule has 1 aliphatic rings. The molecule has 1 fully saturated rings. The molecule has 0 aromatic heterocycles. The molecule has 152 valence electrons. The summed E-state index contributed by atoms with van der Waals surface area (Å²) >= 11 is 5.84. The van der Waals surface area contributed by atoms with Crippen molar-refractivity contribution in [2.24, 2.45) is 0 Å². The van der Waals surface area contributed by atoms with Crippen molar-refractivity contribution in [2.75, 3.05) is 6.61 Å². The smallest absolute Gasteiger partial charge is 0.231 e. The number of ether oxygens (including phenoxy) is 2. The lowest BCUT2D eigenvalue weighted by Gasteiger charge is -2.45. The van der Waals surface area contributed by atoms with Gasteiger partial charge in [-0.05, 0) is 54.8 Å². The number of aliphatic hydroxyl groups excluding tert-OH is 3. The summed E-state index contributed by atoms with van der Waals surface area (Å²) < 4.78 is 24.6. The first-order chi connectivity index (χ1) is 13.1. The van der Waals surface area contributed by atoms with E-state index in [2.05, 4.69) is 0 Å². The normalized spacial score (nSPS) is 30.3. The van der Waals surface area contributed by atoms with Crippen LogP contribution in [0.15, 0.2) is 36.4 Å². The fraction of sp³-hybridized carbons (Fsp3) is 0.400. The van der Waals surface area contributed by atoms with Gasteiger partial charge in [0, 0.05) is 0 Å². The Bertz CT molecular complexity index is 859. The molecule has 3 rings (SSSR count). The molecule has 1 saturated heterocycles. The van der Waals surface area contributed by atoms with Crippen LogP contribution in [0.2, 0.25) is 5.02 Å². The zero-order valence-electron chi connectivity index (χ0n) is 15.3. The van der Waals surface area contributed by atoms with Crippen LogP contribution in [-0.4, -0.2) is 57.2 Å². The first-order valence-corrected chi connectivity index (χ1v) is 9.10. The van der Waals surface area contributed by atoms with E-state index in [1.807, 2.05) is 0 Å². The average Bonchev–Trinajstić information content (AvgIpc) is 2.66. The lowest BCUT2D eigenvalue weighted by atomic mass is 9.88. The second kappa shape index (κ2) is 7.94. The van der Waals surface area contributed by atoms with Crippen LogP contribution in [0.4, 0.5) is 4.39 Å². The zero-order valence-corrected chi connectivity index (χ0v) is 16.1. The van der Waals surface area contributed by atoms with E-state index in [1.54, 1.807) is 31.2 Å². The summed E-state index contributed by atoms with van der Waals surface area (Å²) in [5.41, 5.74) is 0.298. The lowest BCUT2D eigenvalue weighted by molar-refractivity contribution is -0.314. The van der Waals surface area contributed by atoms with Gasteiger partial charge in [0.1, 0.15) is 29.9 Å². The van der Waals surface area contributed by atoms with Gasteiger partial charge in [0.15, 0.2) is 5.60 Å². The number of hydrogen-bond donors (Lipinski definition) is 4. The van der Waals surface area contributed by atoms with Gasteiger partial charge < -0.3 is 29.9 Å². The Balaban J connectivity index is 1.85. The van der Waals surface area contributed by atoms with E-state index in [-0.39, 0.29) is 5.02 Å². The summed E-state index contributed by atoms with van der Waals surface area (Å²) in [6.45, 7) is 2.51. The summed E-state index contributed by atoms with van der Waals surface area (Å²) in [5.74, 6) is -0.125. The highest BCUT2D eigenvalue weighted by Gasteiger charge is 2.53. The fourth-order valence-corrected chi connectivity index (χ4v) is 3.30. The molecule has 4 N–H and O–H groups in total. The first-order valence-electron chi connectivity index (χ1n) is 8.72. The predicted octanol–water partition coefficient (Wildman–Crippen LogP) is 2.02. The maximum atomic E-state index is 13.4. The lowest BCUT2D eigenvalue weighted by Crippen LogP contribution is -2.66. The SMILES string of the molecule is Cc1cc(-c2ccc(F)c(Cl)c2)ccc1O[C@H]1O[C@H](CO)[C@@H](O)[C@H](O)[C@]1(C)O. The third-order valence-electron chi connectivity index (χ3n) is 4.92. The van der Waals surface area contributed by atoms with Crippen LogP contribution in [0.1, 0.15) is 12.5 Å². The molecular formula is C20H22ClFO6. The van der Waals surface area contributed by atoms with Crippen LogP contribution in [0.25, 0.3) is 11.1 Å². The Hall–Kier alpha value is -1.74. The van der Waals surface area contributed by atoms with Crippen molar-refractivity contribution in [1.29, 1.82) is 0 Å². The van der Waals surface area contributed by atoms with Crippen molar-refractivity contribution in [1.82, 2.24) is 0 Å².